The summed E-state index contributed by atoms with van der Waals surface area (Å²) in [5.41, 5.74) is 1.41. The summed E-state index contributed by atoms with van der Waals surface area (Å²) in [6, 6.07) is 10.4. The molecule has 0 aliphatic carbocycles. The van der Waals surface area contributed by atoms with Crippen LogP contribution in [-0.4, -0.2) is 18.2 Å². The van der Waals surface area contributed by atoms with E-state index in [9.17, 15) is 9.59 Å². The number of nitrogens with zero attached hydrogens (tertiary/aromatic N) is 1. The lowest BCUT2D eigenvalue weighted by atomic mass is 10.1. The predicted octanol–water partition coefficient (Wildman–Crippen LogP) is 2.64. The zero-order chi connectivity index (χ0) is 13.2. The van der Waals surface area contributed by atoms with Crippen LogP contribution in [0, 0.1) is 0 Å². The Balaban J connectivity index is 1.83. The van der Waals surface area contributed by atoms with E-state index in [1.165, 1.54) is 6.26 Å². The van der Waals surface area contributed by atoms with Crippen LogP contribution in [0.25, 0.3) is 0 Å². The molecular formula is C15H13NO3. The zero-order valence-electron chi connectivity index (χ0n) is 10.3. The molecule has 0 radical (unpaired) electrons. The van der Waals surface area contributed by atoms with Gasteiger partial charge in [0, 0.05) is 24.2 Å². The molecule has 1 aliphatic heterocycles. The van der Waals surface area contributed by atoms with Gasteiger partial charge in [-0.05, 0) is 42.8 Å². The molecular weight excluding hydrogens is 242 g/mol. The van der Waals surface area contributed by atoms with Gasteiger partial charge in [0.25, 0.3) is 0 Å². The largest absolute Gasteiger partial charge is 0.461 e. The maximum atomic E-state index is 12.0. The van der Waals surface area contributed by atoms with Gasteiger partial charge in [0.1, 0.15) is 0 Å². The minimum Gasteiger partial charge on any atom is -0.461 e. The molecule has 3 rings (SSSR count). The van der Waals surface area contributed by atoms with E-state index < -0.39 is 0 Å². The van der Waals surface area contributed by atoms with Gasteiger partial charge in [-0.3, -0.25) is 9.59 Å². The first-order valence-electron chi connectivity index (χ1n) is 6.24. The monoisotopic (exact) mass is 255 g/mol. The number of anilines is 1. The molecule has 19 heavy (non-hydrogen) atoms. The fourth-order valence-corrected chi connectivity index (χ4v) is 2.26. The van der Waals surface area contributed by atoms with E-state index in [0.29, 0.717) is 17.7 Å². The van der Waals surface area contributed by atoms with Gasteiger partial charge in [-0.25, -0.2) is 0 Å². The topological polar surface area (TPSA) is 50.5 Å². The highest BCUT2D eigenvalue weighted by Crippen LogP contribution is 2.22. The highest BCUT2D eigenvalue weighted by molar-refractivity contribution is 6.07. The number of carbonyl (C=O) groups is 2. The smallest absolute Gasteiger partial charge is 0.228 e. The van der Waals surface area contributed by atoms with Crippen molar-refractivity contribution in [2.24, 2.45) is 0 Å². The average molecular weight is 255 g/mol. The maximum Gasteiger partial charge on any atom is 0.228 e. The van der Waals surface area contributed by atoms with Crippen LogP contribution in [0.5, 0.6) is 0 Å². The Morgan fingerprint density at radius 1 is 1.16 bits per heavy atom. The normalized spacial score (nSPS) is 14.9. The van der Waals surface area contributed by atoms with Crippen molar-refractivity contribution in [2.75, 3.05) is 11.4 Å². The average Bonchev–Trinajstić information content (AvgIpc) is 3.09. The summed E-state index contributed by atoms with van der Waals surface area (Å²) in [5, 5.41) is 0. The van der Waals surface area contributed by atoms with Gasteiger partial charge < -0.3 is 9.32 Å². The number of hydrogen-bond acceptors (Lipinski definition) is 3. The molecule has 96 valence electrons. The van der Waals surface area contributed by atoms with Crippen molar-refractivity contribution in [3.05, 3.63) is 54.0 Å². The van der Waals surface area contributed by atoms with Crippen molar-refractivity contribution in [3.8, 4) is 0 Å². The third kappa shape index (κ3) is 2.17. The van der Waals surface area contributed by atoms with Gasteiger partial charge in [-0.1, -0.05) is 0 Å². The van der Waals surface area contributed by atoms with Gasteiger partial charge in [-0.2, -0.15) is 0 Å². The molecule has 4 heteroatoms. The summed E-state index contributed by atoms with van der Waals surface area (Å²) in [5.74, 6) is 0.319. The minimum absolute atomic E-state index is 0.144. The van der Waals surface area contributed by atoms with Crippen LogP contribution < -0.4 is 4.90 Å². The number of ketones is 1. The number of amides is 1. The van der Waals surface area contributed by atoms with Crippen LogP contribution in [-0.2, 0) is 4.79 Å². The van der Waals surface area contributed by atoms with E-state index in [-0.39, 0.29) is 11.7 Å². The van der Waals surface area contributed by atoms with Crippen LogP contribution in [0.4, 0.5) is 5.69 Å². The molecule has 2 heterocycles. The molecule has 0 N–H and O–H groups in total. The van der Waals surface area contributed by atoms with Crippen LogP contribution in [0.2, 0.25) is 0 Å². The minimum atomic E-state index is -0.149. The van der Waals surface area contributed by atoms with Gasteiger partial charge in [-0.15, -0.1) is 0 Å². The summed E-state index contributed by atoms with van der Waals surface area (Å²) in [6.45, 7) is 0.754. The van der Waals surface area contributed by atoms with Crippen LogP contribution in [0.3, 0.4) is 0 Å². The molecule has 1 amide bonds. The van der Waals surface area contributed by atoms with Crippen LogP contribution in [0.1, 0.15) is 29.0 Å². The highest BCUT2D eigenvalue weighted by Gasteiger charge is 2.21. The molecule has 2 aromatic rings. The van der Waals surface area contributed by atoms with Crippen LogP contribution in [0.15, 0.2) is 47.1 Å². The van der Waals surface area contributed by atoms with Gasteiger partial charge in [0.05, 0.1) is 6.26 Å². The van der Waals surface area contributed by atoms with E-state index in [1.807, 2.05) is 0 Å². The Morgan fingerprint density at radius 2 is 1.95 bits per heavy atom. The quantitative estimate of drug-likeness (QED) is 0.792. The second-order valence-electron chi connectivity index (χ2n) is 4.50. The second kappa shape index (κ2) is 4.72. The first-order chi connectivity index (χ1) is 9.25. The summed E-state index contributed by atoms with van der Waals surface area (Å²) >= 11 is 0. The standard InChI is InChI=1S/C15H13NO3/c17-14-4-1-9-16(14)12-7-5-11(6-8-12)15(18)13-3-2-10-19-13/h2-3,5-8,10H,1,4,9H2. The zero-order valence-corrected chi connectivity index (χ0v) is 10.3. The van der Waals surface area contributed by atoms with Gasteiger partial charge in [0.15, 0.2) is 5.76 Å². The maximum absolute atomic E-state index is 12.0. The molecule has 1 fully saturated rings. The molecule has 0 bridgehead atoms. The number of carbonyl (C=O) groups excluding carboxylic acids is 2. The van der Waals surface area contributed by atoms with Crippen molar-refractivity contribution in [1.82, 2.24) is 0 Å². The van der Waals surface area contributed by atoms with Crippen LogP contribution >= 0.6 is 0 Å². The lowest BCUT2D eigenvalue weighted by Gasteiger charge is -2.15. The molecule has 1 aromatic heterocycles. The SMILES string of the molecule is O=C(c1ccc(N2CCCC2=O)cc1)c1ccco1. The number of rotatable bonds is 3. The van der Waals surface area contributed by atoms with Crippen molar-refractivity contribution < 1.29 is 14.0 Å². The molecule has 0 atom stereocenters. The van der Waals surface area contributed by atoms with E-state index in [0.717, 1.165) is 18.7 Å². The van der Waals surface area contributed by atoms with Gasteiger partial charge in [0.2, 0.25) is 11.7 Å². The predicted molar refractivity (Wildman–Crippen MR) is 70.2 cm³/mol. The summed E-state index contributed by atoms with van der Waals surface area (Å²) in [6.07, 6.45) is 2.98. The fraction of sp³-hybridized carbons (Fsp3) is 0.200. The second-order valence-corrected chi connectivity index (χ2v) is 4.50. The molecule has 4 nitrogen and oxygen atoms in total. The van der Waals surface area contributed by atoms with Crippen molar-refractivity contribution >= 4 is 17.4 Å². The molecule has 1 aromatic carbocycles. The van der Waals surface area contributed by atoms with E-state index in [4.69, 9.17) is 4.42 Å². The molecule has 1 saturated heterocycles. The van der Waals surface area contributed by atoms with E-state index in [2.05, 4.69) is 0 Å². The third-order valence-electron chi connectivity index (χ3n) is 3.26. The molecule has 0 unspecified atom stereocenters. The number of hydrogen-bond donors (Lipinski definition) is 0. The Kier molecular flexibility index (Phi) is 2.91. The van der Waals surface area contributed by atoms with Crippen molar-refractivity contribution in [3.63, 3.8) is 0 Å². The van der Waals surface area contributed by atoms with E-state index in [1.54, 1.807) is 41.3 Å². The van der Waals surface area contributed by atoms with E-state index >= 15 is 0 Å². The molecule has 1 aliphatic rings. The lowest BCUT2D eigenvalue weighted by molar-refractivity contribution is -0.117. The Labute approximate surface area is 110 Å². The Bertz CT molecular complexity index is 599. The summed E-state index contributed by atoms with van der Waals surface area (Å²) < 4.78 is 5.08. The molecule has 0 spiro atoms. The molecule has 0 saturated carbocycles. The Morgan fingerprint density at radius 3 is 2.53 bits per heavy atom. The lowest BCUT2D eigenvalue weighted by Crippen LogP contribution is -2.23. The van der Waals surface area contributed by atoms with Crippen molar-refractivity contribution in [2.45, 2.75) is 12.8 Å². The van der Waals surface area contributed by atoms with Crippen molar-refractivity contribution in [1.29, 1.82) is 0 Å². The Hall–Kier alpha value is -2.36. The summed E-state index contributed by atoms with van der Waals surface area (Å²) in [7, 11) is 0. The first-order valence-corrected chi connectivity index (χ1v) is 6.24. The fourth-order valence-electron chi connectivity index (χ4n) is 2.26. The first kappa shape index (κ1) is 11.7. The summed E-state index contributed by atoms with van der Waals surface area (Å²) in [4.78, 5) is 25.4. The number of benzene rings is 1. The number of furan rings is 1. The third-order valence-corrected chi connectivity index (χ3v) is 3.26. The van der Waals surface area contributed by atoms with Gasteiger partial charge >= 0.3 is 0 Å². The highest BCUT2D eigenvalue weighted by atomic mass is 16.3.